The van der Waals surface area contributed by atoms with Crippen LogP contribution in [0.25, 0.3) is 0 Å². The minimum absolute atomic E-state index is 0.780. The minimum Gasteiger partial charge on any atom is -0.497 e. The van der Waals surface area contributed by atoms with Crippen molar-refractivity contribution in [2.75, 3.05) is 48.4 Å². The quantitative estimate of drug-likeness (QED) is 0.764. The van der Waals surface area contributed by atoms with Crippen LogP contribution in [0, 0.1) is 0 Å². The number of amidine groups is 1. The summed E-state index contributed by atoms with van der Waals surface area (Å²) in [5.74, 6) is 2.05. The van der Waals surface area contributed by atoms with Gasteiger partial charge < -0.3 is 9.22 Å². The molecule has 0 aliphatic carbocycles. The zero-order chi connectivity index (χ0) is 14.3. The molecule has 2 rings (SSSR count). The van der Waals surface area contributed by atoms with E-state index in [4.69, 9.17) is 9.73 Å². The molecule has 1 aliphatic heterocycles. The maximum atomic E-state index is 5.35. The van der Waals surface area contributed by atoms with Gasteiger partial charge in [0, 0.05) is 13.0 Å². The predicted molar refractivity (Wildman–Crippen MR) is 81.2 cm³/mol. The molecule has 1 aromatic carbocycles. The molecule has 0 aromatic heterocycles. The van der Waals surface area contributed by atoms with E-state index in [9.17, 15) is 0 Å². The van der Waals surface area contributed by atoms with Crippen LogP contribution in [0.2, 0.25) is 0 Å². The summed E-state index contributed by atoms with van der Waals surface area (Å²) < 4.78 is 7.09. The predicted octanol–water partition coefficient (Wildman–Crippen LogP) is 2.40. The first-order chi connectivity index (χ1) is 8.76. The lowest BCUT2D eigenvalue weighted by molar-refractivity contribution is -0.869. The van der Waals surface area contributed by atoms with Crippen LogP contribution in [0.4, 0.5) is 11.4 Å². The number of likely N-dealkylation sites (N-methyl/N-ethyl adjacent to an activating group) is 2. The second-order valence-corrected chi connectivity index (χ2v) is 6.44. The summed E-state index contributed by atoms with van der Waals surface area (Å²) in [6, 6.07) is 6.14. The number of quaternary nitrogens is 2. The highest BCUT2D eigenvalue weighted by Crippen LogP contribution is 2.41. The Labute approximate surface area is 116 Å². The van der Waals surface area contributed by atoms with E-state index in [-0.39, 0.29) is 0 Å². The second kappa shape index (κ2) is 4.62. The van der Waals surface area contributed by atoms with Crippen molar-refractivity contribution in [3.8, 4) is 5.75 Å². The molecule has 1 aromatic rings. The first kappa shape index (κ1) is 14.0. The van der Waals surface area contributed by atoms with Gasteiger partial charge >= 0.3 is 0 Å². The first-order valence-corrected chi connectivity index (χ1v) is 6.67. The lowest BCUT2D eigenvalue weighted by atomic mass is 10.2. The molecule has 0 saturated heterocycles. The van der Waals surface area contributed by atoms with Crippen molar-refractivity contribution in [2.45, 2.75) is 6.92 Å². The highest BCUT2D eigenvalue weighted by Gasteiger charge is 2.38. The third-order valence-corrected chi connectivity index (χ3v) is 3.93. The lowest BCUT2D eigenvalue weighted by Gasteiger charge is -2.33. The van der Waals surface area contributed by atoms with Gasteiger partial charge in [0.05, 0.1) is 35.3 Å². The van der Waals surface area contributed by atoms with Crippen molar-refractivity contribution >= 4 is 17.2 Å². The van der Waals surface area contributed by atoms with Gasteiger partial charge in [0.2, 0.25) is 5.84 Å². The van der Waals surface area contributed by atoms with E-state index >= 15 is 0 Å². The molecule has 104 valence electrons. The molecule has 0 radical (unpaired) electrons. The zero-order valence-corrected chi connectivity index (χ0v) is 12.9. The molecule has 0 bridgehead atoms. The molecule has 4 nitrogen and oxygen atoms in total. The van der Waals surface area contributed by atoms with E-state index in [0.29, 0.717) is 0 Å². The molecular weight excluding hydrogens is 238 g/mol. The highest BCUT2D eigenvalue weighted by molar-refractivity contribution is 6.00. The SMILES string of the molecule is COc1ccc2c(c1)[N+](C)(CC[N+](C)(C)C)C(C)=N2. The topological polar surface area (TPSA) is 21.6 Å². The van der Waals surface area contributed by atoms with Crippen LogP contribution in [0.3, 0.4) is 0 Å². The van der Waals surface area contributed by atoms with Crippen LogP contribution in [0.1, 0.15) is 6.92 Å². The molecule has 1 unspecified atom stereocenters. The minimum atomic E-state index is 0.780. The Morgan fingerprint density at radius 1 is 1.26 bits per heavy atom. The molecule has 19 heavy (non-hydrogen) atoms. The lowest BCUT2D eigenvalue weighted by Crippen LogP contribution is -2.53. The Morgan fingerprint density at radius 3 is 2.53 bits per heavy atom. The van der Waals surface area contributed by atoms with Gasteiger partial charge in [-0.2, -0.15) is 4.99 Å². The van der Waals surface area contributed by atoms with Gasteiger partial charge in [0.25, 0.3) is 0 Å². The van der Waals surface area contributed by atoms with Gasteiger partial charge in [-0.1, -0.05) is 0 Å². The summed E-state index contributed by atoms with van der Waals surface area (Å²) >= 11 is 0. The maximum absolute atomic E-state index is 5.35. The average Bonchev–Trinajstić information content (AvgIpc) is 2.59. The van der Waals surface area contributed by atoms with Gasteiger partial charge in [-0.15, -0.1) is 0 Å². The number of benzene rings is 1. The third-order valence-electron chi connectivity index (χ3n) is 3.93. The van der Waals surface area contributed by atoms with E-state index in [2.05, 4.69) is 41.2 Å². The average molecular weight is 263 g/mol. The fraction of sp³-hybridized carbons (Fsp3) is 0.533. The summed E-state index contributed by atoms with van der Waals surface area (Å²) in [5, 5.41) is 0. The molecule has 0 fully saturated rings. The third kappa shape index (κ3) is 2.65. The number of fused-ring (bicyclic) bond motifs is 1. The van der Waals surface area contributed by atoms with Crippen LogP contribution in [-0.4, -0.2) is 58.7 Å². The fourth-order valence-electron chi connectivity index (χ4n) is 2.36. The van der Waals surface area contributed by atoms with Crippen LogP contribution < -0.4 is 9.22 Å². The summed E-state index contributed by atoms with van der Waals surface area (Å²) in [5.41, 5.74) is 2.31. The molecule has 1 aliphatic rings. The number of hydrogen-bond donors (Lipinski definition) is 0. The van der Waals surface area contributed by atoms with Crippen molar-refractivity contribution in [3.63, 3.8) is 0 Å². The van der Waals surface area contributed by atoms with Crippen molar-refractivity contribution < 1.29 is 9.22 Å². The number of hydrogen-bond acceptors (Lipinski definition) is 2. The van der Waals surface area contributed by atoms with E-state index in [1.165, 1.54) is 5.69 Å². The van der Waals surface area contributed by atoms with Crippen molar-refractivity contribution in [2.24, 2.45) is 4.99 Å². The van der Waals surface area contributed by atoms with Crippen LogP contribution in [-0.2, 0) is 0 Å². The number of rotatable bonds is 4. The zero-order valence-electron chi connectivity index (χ0n) is 12.9. The van der Waals surface area contributed by atoms with E-state index in [1.807, 2.05) is 12.1 Å². The van der Waals surface area contributed by atoms with Crippen LogP contribution >= 0.6 is 0 Å². The van der Waals surface area contributed by atoms with E-state index in [1.54, 1.807) is 7.11 Å². The molecule has 0 saturated carbocycles. The molecule has 0 N–H and O–H groups in total. The number of ether oxygens (including phenoxy) is 1. The van der Waals surface area contributed by atoms with Gasteiger partial charge in [0.1, 0.15) is 24.5 Å². The van der Waals surface area contributed by atoms with Gasteiger partial charge in [-0.3, -0.25) is 0 Å². The highest BCUT2D eigenvalue weighted by atomic mass is 16.5. The standard InChI is InChI=1S/C15H25N3O/c1-12-16-14-8-7-13(19-6)11-15(14)18(12,5)10-9-17(2,3)4/h7-8,11H,9-10H2,1-6H3/q+2. The molecule has 4 heteroatoms. The second-order valence-electron chi connectivity index (χ2n) is 6.44. The summed E-state index contributed by atoms with van der Waals surface area (Å²) in [6.07, 6.45) is 0. The molecule has 0 spiro atoms. The number of methoxy groups -OCH3 is 1. The number of nitrogens with zero attached hydrogens (tertiary/aromatic N) is 3. The maximum Gasteiger partial charge on any atom is 0.205 e. The monoisotopic (exact) mass is 263 g/mol. The Hall–Kier alpha value is -1.39. The number of aliphatic imine (C=N–C) groups is 1. The molecule has 0 amide bonds. The van der Waals surface area contributed by atoms with Crippen molar-refractivity contribution in [1.82, 2.24) is 4.48 Å². The Kier molecular flexibility index (Phi) is 3.41. The van der Waals surface area contributed by atoms with Crippen molar-refractivity contribution in [3.05, 3.63) is 18.2 Å². The van der Waals surface area contributed by atoms with E-state index < -0.39 is 0 Å². The van der Waals surface area contributed by atoms with Crippen LogP contribution in [0.5, 0.6) is 5.75 Å². The van der Waals surface area contributed by atoms with Crippen LogP contribution in [0.15, 0.2) is 23.2 Å². The van der Waals surface area contributed by atoms with Gasteiger partial charge in [0.15, 0.2) is 5.69 Å². The molecule has 1 atom stereocenters. The first-order valence-electron chi connectivity index (χ1n) is 6.67. The molecule has 1 heterocycles. The van der Waals surface area contributed by atoms with Crippen molar-refractivity contribution in [1.29, 1.82) is 0 Å². The Morgan fingerprint density at radius 2 is 1.95 bits per heavy atom. The van der Waals surface area contributed by atoms with Gasteiger partial charge in [-0.25, -0.2) is 4.48 Å². The Bertz CT molecular complexity index is 517. The summed E-state index contributed by atoms with van der Waals surface area (Å²) in [4.78, 5) is 4.71. The summed E-state index contributed by atoms with van der Waals surface area (Å²) in [6.45, 7) is 4.25. The van der Waals surface area contributed by atoms with E-state index in [0.717, 1.165) is 39.3 Å². The fourth-order valence-corrected chi connectivity index (χ4v) is 2.36. The summed E-state index contributed by atoms with van der Waals surface area (Å²) in [7, 11) is 10.6. The Balaban J connectivity index is 2.35. The largest absolute Gasteiger partial charge is 0.497 e. The normalized spacial score (nSPS) is 22.1. The molecular formula is C15H25N3O+2. The van der Waals surface area contributed by atoms with Gasteiger partial charge in [-0.05, 0) is 12.1 Å². The smallest absolute Gasteiger partial charge is 0.205 e.